The first-order chi connectivity index (χ1) is 9.56. The summed E-state index contributed by atoms with van der Waals surface area (Å²) in [5, 5.41) is 8.96. The van der Waals surface area contributed by atoms with Gasteiger partial charge in [0.05, 0.1) is 34.3 Å². The Morgan fingerprint density at radius 3 is 2.95 bits per heavy atom. The van der Waals surface area contributed by atoms with Gasteiger partial charge in [-0.15, -0.1) is 11.3 Å². The van der Waals surface area contributed by atoms with E-state index in [4.69, 9.17) is 5.11 Å². The van der Waals surface area contributed by atoms with E-state index in [1.165, 1.54) is 23.5 Å². The molecule has 0 aliphatic rings. The van der Waals surface area contributed by atoms with Gasteiger partial charge in [-0.05, 0) is 25.1 Å². The molecule has 2 N–H and O–H groups in total. The van der Waals surface area contributed by atoms with Crippen molar-refractivity contribution in [2.24, 2.45) is 0 Å². The first-order valence-corrected chi connectivity index (χ1v) is 6.79. The number of aromatic carboxylic acids is 1. The van der Waals surface area contributed by atoms with Crippen LogP contribution in [0, 0.1) is 6.92 Å². The van der Waals surface area contributed by atoms with Crippen LogP contribution in [0.25, 0.3) is 11.0 Å². The summed E-state index contributed by atoms with van der Waals surface area (Å²) in [6, 6.07) is 4.61. The minimum Gasteiger partial charge on any atom is -0.478 e. The van der Waals surface area contributed by atoms with Crippen molar-refractivity contribution < 1.29 is 9.90 Å². The number of carbonyl (C=O) groups is 1. The molecule has 0 aliphatic heterocycles. The molecule has 6 nitrogen and oxygen atoms in total. The van der Waals surface area contributed by atoms with Crippen molar-refractivity contribution in [3.8, 4) is 0 Å². The van der Waals surface area contributed by atoms with E-state index in [9.17, 15) is 9.59 Å². The Hall–Kier alpha value is -2.41. The van der Waals surface area contributed by atoms with E-state index in [0.29, 0.717) is 17.6 Å². The van der Waals surface area contributed by atoms with Gasteiger partial charge in [-0.25, -0.2) is 14.6 Å². The molecule has 0 amide bonds. The van der Waals surface area contributed by atoms with Gasteiger partial charge >= 0.3 is 11.7 Å². The van der Waals surface area contributed by atoms with Gasteiger partial charge < -0.3 is 10.1 Å². The number of imidazole rings is 1. The second-order valence-electron chi connectivity index (χ2n) is 4.41. The predicted molar refractivity (Wildman–Crippen MR) is 75.5 cm³/mol. The molecule has 0 saturated carbocycles. The summed E-state index contributed by atoms with van der Waals surface area (Å²) in [6.07, 6.45) is 0. The molecule has 3 aromatic rings. The number of aryl methyl sites for hydroxylation is 1. The molecule has 0 atom stereocenters. The number of thiazole rings is 1. The third-order valence-corrected chi connectivity index (χ3v) is 4.09. The highest BCUT2D eigenvalue weighted by molar-refractivity contribution is 7.09. The number of nitrogens with zero attached hydrogens (tertiary/aromatic N) is 2. The molecule has 102 valence electrons. The first-order valence-electron chi connectivity index (χ1n) is 5.91. The Morgan fingerprint density at radius 2 is 2.30 bits per heavy atom. The van der Waals surface area contributed by atoms with Crippen LogP contribution in [0.15, 0.2) is 28.5 Å². The third-order valence-electron chi connectivity index (χ3n) is 3.17. The van der Waals surface area contributed by atoms with Gasteiger partial charge in [-0.1, -0.05) is 0 Å². The summed E-state index contributed by atoms with van der Waals surface area (Å²) in [5.74, 6) is -1.01. The number of nitrogens with one attached hydrogen (secondary N) is 1. The van der Waals surface area contributed by atoms with Crippen LogP contribution in [0.4, 0.5) is 0 Å². The molecule has 0 saturated heterocycles. The first kappa shape index (κ1) is 12.6. The highest BCUT2D eigenvalue weighted by Gasteiger charge is 2.12. The van der Waals surface area contributed by atoms with Gasteiger partial charge in [-0.2, -0.15) is 0 Å². The zero-order chi connectivity index (χ0) is 14.3. The average molecular weight is 289 g/mol. The van der Waals surface area contributed by atoms with Gasteiger partial charge in [0.1, 0.15) is 0 Å². The third kappa shape index (κ3) is 2.01. The molecule has 7 heteroatoms. The van der Waals surface area contributed by atoms with Crippen LogP contribution in [-0.2, 0) is 6.54 Å². The maximum atomic E-state index is 12.0. The Kier molecular flexibility index (Phi) is 2.90. The average Bonchev–Trinajstić information content (AvgIpc) is 2.94. The predicted octanol–water partition coefficient (Wildman–Crippen LogP) is 1.84. The second-order valence-corrected chi connectivity index (χ2v) is 5.35. The molecule has 0 aliphatic carbocycles. The standard InChI is InChI=1S/C13H11N3O3S/c1-7-11(20-6-14-7)5-16-10-3-2-8(12(17)18)4-9(10)15-13(16)19/h2-4,6H,5H2,1H3,(H,15,19)(H,17,18). The van der Waals surface area contributed by atoms with Crippen molar-refractivity contribution in [2.75, 3.05) is 0 Å². The minimum atomic E-state index is -1.01. The number of benzene rings is 1. The number of aromatic amines is 1. The summed E-state index contributed by atoms with van der Waals surface area (Å²) in [7, 11) is 0. The van der Waals surface area contributed by atoms with Crippen LogP contribution in [-0.4, -0.2) is 25.6 Å². The molecule has 1 aromatic carbocycles. The van der Waals surface area contributed by atoms with E-state index in [2.05, 4.69) is 9.97 Å². The van der Waals surface area contributed by atoms with Gasteiger partial charge in [0.25, 0.3) is 0 Å². The van der Waals surface area contributed by atoms with Crippen molar-refractivity contribution in [1.82, 2.24) is 14.5 Å². The Bertz CT molecular complexity index is 859. The van der Waals surface area contributed by atoms with Crippen molar-refractivity contribution in [1.29, 1.82) is 0 Å². The zero-order valence-corrected chi connectivity index (χ0v) is 11.4. The van der Waals surface area contributed by atoms with Gasteiger partial charge in [0, 0.05) is 4.88 Å². The fourth-order valence-electron chi connectivity index (χ4n) is 2.08. The van der Waals surface area contributed by atoms with E-state index in [1.54, 1.807) is 16.1 Å². The molecule has 0 bridgehead atoms. The van der Waals surface area contributed by atoms with E-state index in [1.807, 2.05) is 6.92 Å². The van der Waals surface area contributed by atoms with Crippen molar-refractivity contribution >= 4 is 28.3 Å². The number of fused-ring (bicyclic) bond motifs is 1. The van der Waals surface area contributed by atoms with Crippen LogP contribution in [0.3, 0.4) is 0 Å². The molecule has 3 rings (SSSR count). The van der Waals surface area contributed by atoms with Crippen molar-refractivity contribution in [2.45, 2.75) is 13.5 Å². The number of H-pyrrole nitrogens is 1. The van der Waals surface area contributed by atoms with Gasteiger partial charge in [0.15, 0.2) is 0 Å². The number of rotatable bonds is 3. The number of hydrogen-bond acceptors (Lipinski definition) is 4. The Labute approximate surface area is 117 Å². The van der Waals surface area contributed by atoms with E-state index in [-0.39, 0.29) is 11.3 Å². The summed E-state index contributed by atoms with van der Waals surface area (Å²) < 4.78 is 1.58. The lowest BCUT2D eigenvalue weighted by molar-refractivity contribution is 0.0697. The molecule has 0 spiro atoms. The monoisotopic (exact) mass is 289 g/mol. The molecular formula is C13H11N3O3S. The van der Waals surface area contributed by atoms with Crippen molar-refractivity contribution in [3.63, 3.8) is 0 Å². The number of carboxylic acids is 1. The largest absolute Gasteiger partial charge is 0.478 e. The minimum absolute atomic E-state index is 0.153. The van der Waals surface area contributed by atoms with E-state index >= 15 is 0 Å². The summed E-state index contributed by atoms with van der Waals surface area (Å²) in [6.45, 7) is 2.33. The Morgan fingerprint density at radius 1 is 1.50 bits per heavy atom. The lowest BCUT2D eigenvalue weighted by Gasteiger charge is -2.02. The topological polar surface area (TPSA) is 88.0 Å². The lowest BCUT2D eigenvalue weighted by atomic mass is 10.2. The molecule has 2 heterocycles. The number of aromatic nitrogens is 3. The van der Waals surface area contributed by atoms with Gasteiger partial charge in [0.2, 0.25) is 0 Å². The summed E-state index contributed by atoms with van der Waals surface area (Å²) in [4.78, 5) is 30.8. The SMILES string of the molecule is Cc1ncsc1Cn1c(=O)[nH]c2cc(C(=O)O)ccc21. The molecule has 2 aromatic heterocycles. The Balaban J connectivity index is 2.12. The summed E-state index contributed by atoms with van der Waals surface area (Å²) in [5.41, 5.74) is 3.76. The van der Waals surface area contributed by atoms with Crippen LogP contribution < -0.4 is 5.69 Å². The number of carboxylic acid groups (broad SMARTS) is 1. The van der Waals surface area contributed by atoms with E-state index in [0.717, 1.165) is 10.6 Å². The smallest absolute Gasteiger partial charge is 0.335 e. The van der Waals surface area contributed by atoms with Crippen LogP contribution in [0.2, 0.25) is 0 Å². The van der Waals surface area contributed by atoms with Crippen molar-refractivity contribution in [3.05, 3.63) is 50.3 Å². The quantitative estimate of drug-likeness (QED) is 0.770. The summed E-state index contributed by atoms with van der Waals surface area (Å²) >= 11 is 1.49. The highest BCUT2D eigenvalue weighted by Crippen LogP contribution is 2.17. The zero-order valence-electron chi connectivity index (χ0n) is 10.6. The molecule has 0 fully saturated rings. The maximum Gasteiger partial charge on any atom is 0.335 e. The molecular weight excluding hydrogens is 278 g/mol. The fraction of sp³-hybridized carbons (Fsp3) is 0.154. The normalized spacial score (nSPS) is 11.1. The molecule has 0 unspecified atom stereocenters. The number of hydrogen-bond donors (Lipinski definition) is 2. The van der Waals surface area contributed by atoms with Crippen LogP contribution in [0.1, 0.15) is 20.9 Å². The maximum absolute atomic E-state index is 12.0. The highest BCUT2D eigenvalue weighted by atomic mass is 32.1. The van der Waals surface area contributed by atoms with Gasteiger partial charge in [-0.3, -0.25) is 4.57 Å². The molecule has 20 heavy (non-hydrogen) atoms. The fourth-order valence-corrected chi connectivity index (χ4v) is 2.84. The lowest BCUT2D eigenvalue weighted by Crippen LogP contribution is -2.17. The van der Waals surface area contributed by atoms with Crippen LogP contribution in [0.5, 0.6) is 0 Å². The second kappa shape index (κ2) is 4.61. The van der Waals surface area contributed by atoms with E-state index < -0.39 is 5.97 Å². The van der Waals surface area contributed by atoms with Crippen LogP contribution >= 0.6 is 11.3 Å². The molecule has 0 radical (unpaired) electrons.